The highest BCUT2D eigenvalue weighted by molar-refractivity contribution is 5.99. The summed E-state index contributed by atoms with van der Waals surface area (Å²) >= 11 is 0. The van der Waals surface area contributed by atoms with Crippen LogP contribution in [0.1, 0.15) is 30.6 Å². The first-order valence-electron chi connectivity index (χ1n) is 6.41. The number of nitrogen functional groups attached to an aromatic ring is 1. The number of ether oxygens (including phenoxy) is 1. The number of nitrogens with two attached hydrogens (primary N) is 1. The van der Waals surface area contributed by atoms with Crippen LogP contribution in [0.2, 0.25) is 0 Å². The molecule has 0 aromatic carbocycles. The average Bonchev–Trinajstić information content (AvgIpc) is 2.42. The van der Waals surface area contributed by atoms with Gasteiger partial charge in [-0.1, -0.05) is 13.8 Å². The molecule has 0 saturated carbocycles. The number of amides is 1. The van der Waals surface area contributed by atoms with Crippen molar-refractivity contribution in [2.24, 2.45) is 11.8 Å². The van der Waals surface area contributed by atoms with Gasteiger partial charge < -0.3 is 15.5 Å². The Hall–Kier alpha value is -1.66. The predicted molar refractivity (Wildman–Crippen MR) is 74.7 cm³/mol. The highest BCUT2D eigenvalue weighted by atomic mass is 16.5. The van der Waals surface area contributed by atoms with E-state index in [1.165, 1.54) is 6.20 Å². The summed E-state index contributed by atoms with van der Waals surface area (Å²) in [7, 11) is 0. The van der Waals surface area contributed by atoms with Crippen LogP contribution < -0.4 is 16.6 Å². The van der Waals surface area contributed by atoms with Crippen molar-refractivity contribution >= 4 is 11.6 Å². The van der Waals surface area contributed by atoms with E-state index in [0.717, 1.165) is 13.0 Å². The smallest absolute Gasteiger partial charge is 0.255 e. The monoisotopic (exact) mass is 266 g/mol. The third-order valence-electron chi connectivity index (χ3n) is 2.59. The lowest BCUT2D eigenvalue weighted by atomic mass is 10.1. The highest BCUT2D eigenvalue weighted by Gasteiger charge is 2.09. The van der Waals surface area contributed by atoms with E-state index in [9.17, 15) is 4.79 Å². The first-order valence-corrected chi connectivity index (χ1v) is 6.41. The van der Waals surface area contributed by atoms with E-state index in [0.29, 0.717) is 30.3 Å². The SMILES string of the molecule is CC(C)CCOCCNC(=O)c1cnccc1NN. The van der Waals surface area contributed by atoms with Crippen LogP contribution in [0.15, 0.2) is 18.5 Å². The lowest BCUT2D eigenvalue weighted by Gasteiger charge is -2.09. The number of carbonyl (C=O) groups excluding carboxylic acids is 1. The molecule has 0 bridgehead atoms. The van der Waals surface area contributed by atoms with E-state index < -0.39 is 0 Å². The van der Waals surface area contributed by atoms with Crippen molar-refractivity contribution in [2.75, 3.05) is 25.2 Å². The Labute approximate surface area is 113 Å². The van der Waals surface area contributed by atoms with Gasteiger partial charge in [0.15, 0.2) is 0 Å². The summed E-state index contributed by atoms with van der Waals surface area (Å²) in [5.41, 5.74) is 3.44. The van der Waals surface area contributed by atoms with Crippen LogP contribution in [0.25, 0.3) is 0 Å². The molecule has 0 fully saturated rings. The maximum absolute atomic E-state index is 11.9. The van der Waals surface area contributed by atoms with Gasteiger partial charge in [0.2, 0.25) is 0 Å². The molecule has 0 atom stereocenters. The molecule has 0 aliphatic carbocycles. The number of nitrogens with zero attached hydrogens (tertiary/aromatic N) is 1. The summed E-state index contributed by atoms with van der Waals surface area (Å²) in [6.45, 7) is 5.99. The number of carbonyl (C=O) groups is 1. The lowest BCUT2D eigenvalue weighted by molar-refractivity contribution is 0.0906. The summed E-state index contributed by atoms with van der Waals surface area (Å²) in [6.07, 6.45) is 4.07. The third-order valence-corrected chi connectivity index (χ3v) is 2.59. The second-order valence-corrected chi connectivity index (χ2v) is 4.62. The Morgan fingerprint density at radius 3 is 2.95 bits per heavy atom. The molecule has 1 aromatic heterocycles. The number of rotatable bonds is 8. The zero-order chi connectivity index (χ0) is 14.1. The van der Waals surface area contributed by atoms with Gasteiger partial charge in [0.25, 0.3) is 5.91 Å². The first kappa shape index (κ1) is 15.4. The average molecular weight is 266 g/mol. The second-order valence-electron chi connectivity index (χ2n) is 4.62. The fourth-order valence-corrected chi connectivity index (χ4v) is 1.45. The molecule has 4 N–H and O–H groups in total. The normalized spacial score (nSPS) is 10.5. The number of hydrazine groups is 1. The van der Waals surface area contributed by atoms with Gasteiger partial charge in [-0.25, -0.2) is 0 Å². The molecule has 0 saturated heterocycles. The Kier molecular flexibility index (Phi) is 6.84. The molecule has 106 valence electrons. The number of hydrogen-bond acceptors (Lipinski definition) is 5. The number of pyridine rings is 1. The van der Waals surface area contributed by atoms with E-state index in [1.807, 2.05) is 0 Å². The van der Waals surface area contributed by atoms with Crippen LogP contribution in [0.5, 0.6) is 0 Å². The van der Waals surface area contributed by atoms with Crippen molar-refractivity contribution in [1.82, 2.24) is 10.3 Å². The van der Waals surface area contributed by atoms with E-state index in [4.69, 9.17) is 10.6 Å². The van der Waals surface area contributed by atoms with Crippen LogP contribution in [-0.4, -0.2) is 30.6 Å². The number of aromatic nitrogens is 1. The second kappa shape index (κ2) is 8.44. The number of anilines is 1. The lowest BCUT2D eigenvalue weighted by Crippen LogP contribution is -2.28. The van der Waals surface area contributed by atoms with Crippen LogP contribution in [0.4, 0.5) is 5.69 Å². The van der Waals surface area contributed by atoms with Crippen molar-refractivity contribution in [3.8, 4) is 0 Å². The van der Waals surface area contributed by atoms with Gasteiger partial charge in [-0.2, -0.15) is 0 Å². The van der Waals surface area contributed by atoms with Gasteiger partial charge in [0.1, 0.15) is 0 Å². The highest BCUT2D eigenvalue weighted by Crippen LogP contribution is 2.11. The molecule has 1 aromatic rings. The fourth-order valence-electron chi connectivity index (χ4n) is 1.45. The van der Waals surface area contributed by atoms with Crippen LogP contribution in [0.3, 0.4) is 0 Å². The molecule has 0 unspecified atom stereocenters. The molecule has 6 nitrogen and oxygen atoms in total. The van der Waals surface area contributed by atoms with Crippen LogP contribution in [-0.2, 0) is 4.74 Å². The zero-order valence-corrected chi connectivity index (χ0v) is 11.5. The maximum atomic E-state index is 11.9. The minimum Gasteiger partial charge on any atom is -0.380 e. The minimum absolute atomic E-state index is 0.214. The molecule has 0 radical (unpaired) electrons. The van der Waals surface area contributed by atoms with Crippen molar-refractivity contribution in [2.45, 2.75) is 20.3 Å². The Morgan fingerprint density at radius 1 is 1.47 bits per heavy atom. The predicted octanol–water partition coefficient (Wildman–Crippen LogP) is 1.16. The van der Waals surface area contributed by atoms with Gasteiger partial charge in [0, 0.05) is 25.5 Å². The summed E-state index contributed by atoms with van der Waals surface area (Å²) < 4.78 is 5.42. The first-order chi connectivity index (χ1) is 9.15. The Bertz CT molecular complexity index is 396. The summed E-state index contributed by atoms with van der Waals surface area (Å²) in [5.74, 6) is 5.74. The topological polar surface area (TPSA) is 89.3 Å². The molecule has 0 spiro atoms. The van der Waals surface area contributed by atoms with Crippen molar-refractivity contribution in [3.63, 3.8) is 0 Å². The molecular formula is C13H22N4O2. The summed E-state index contributed by atoms with van der Waals surface area (Å²) in [6, 6.07) is 1.65. The molecule has 1 heterocycles. The molecule has 1 amide bonds. The Morgan fingerprint density at radius 2 is 2.26 bits per heavy atom. The third kappa shape index (κ3) is 5.67. The van der Waals surface area contributed by atoms with Crippen molar-refractivity contribution in [3.05, 3.63) is 24.0 Å². The van der Waals surface area contributed by atoms with Gasteiger partial charge >= 0.3 is 0 Å². The van der Waals surface area contributed by atoms with E-state index in [-0.39, 0.29) is 5.91 Å². The molecule has 6 heteroatoms. The molecule has 19 heavy (non-hydrogen) atoms. The van der Waals surface area contributed by atoms with Crippen molar-refractivity contribution < 1.29 is 9.53 Å². The number of hydrogen-bond donors (Lipinski definition) is 3. The molecular weight excluding hydrogens is 244 g/mol. The van der Waals surface area contributed by atoms with E-state index in [1.54, 1.807) is 12.3 Å². The maximum Gasteiger partial charge on any atom is 0.255 e. The van der Waals surface area contributed by atoms with E-state index in [2.05, 4.69) is 29.6 Å². The zero-order valence-electron chi connectivity index (χ0n) is 11.5. The van der Waals surface area contributed by atoms with E-state index >= 15 is 0 Å². The standard InChI is InChI=1S/C13H22N4O2/c1-10(2)4-7-19-8-6-16-13(18)11-9-15-5-3-12(11)17-14/h3,5,9-10H,4,6-8,14H2,1-2H3,(H,15,17)(H,16,18). The Balaban J connectivity index is 2.28. The van der Waals surface area contributed by atoms with Gasteiger partial charge in [-0.15, -0.1) is 0 Å². The quantitative estimate of drug-likeness (QED) is 0.373. The largest absolute Gasteiger partial charge is 0.380 e. The van der Waals surface area contributed by atoms with Gasteiger partial charge in [-0.05, 0) is 18.4 Å². The summed E-state index contributed by atoms with van der Waals surface area (Å²) in [5, 5.41) is 2.76. The summed E-state index contributed by atoms with van der Waals surface area (Å²) in [4.78, 5) is 15.8. The fraction of sp³-hybridized carbons (Fsp3) is 0.538. The van der Waals surface area contributed by atoms with Crippen LogP contribution in [0, 0.1) is 5.92 Å². The van der Waals surface area contributed by atoms with Gasteiger partial charge in [0.05, 0.1) is 17.9 Å². The molecule has 0 aliphatic rings. The van der Waals surface area contributed by atoms with Gasteiger partial charge in [-0.3, -0.25) is 15.6 Å². The van der Waals surface area contributed by atoms with Crippen molar-refractivity contribution in [1.29, 1.82) is 0 Å². The van der Waals surface area contributed by atoms with Crippen LogP contribution >= 0.6 is 0 Å². The molecule has 1 rings (SSSR count). The molecule has 0 aliphatic heterocycles. The minimum atomic E-state index is -0.214. The number of nitrogens with one attached hydrogen (secondary N) is 2.